The first-order chi connectivity index (χ1) is 10.1. The Hall–Kier alpha value is -0.640. The van der Waals surface area contributed by atoms with Gasteiger partial charge in [-0.05, 0) is 50.3 Å². The van der Waals surface area contributed by atoms with E-state index in [2.05, 4.69) is 39.9 Å². The van der Waals surface area contributed by atoms with Gasteiger partial charge in [-0.2, -0.15) is 0 Å². The molecule has 0 aliphatic heterocycles. The van der Waals surface area contributed by atoms with Gasteiger partial charge in [0.25, 0.3) is 0 Å². The first-order valence-corrected chi connectivity index (χ1v) is 8.20. The lowest BCUT2D eigenvalue weighted by Gasteiger charge is -2.33. The third kappa shape index (κ3) is 7.65. The molecular formula is C18H31Cl2NO2. The highest BCUT2D eigenvalue weighted by atomic mass is 35.5. The second-order valence-corrected chi connectivity index (χ2v) is 7.92. The fourth-order valence-corrected chi connectivity index (χ4v) is 3.18. The van der Waals surface area contributed by atoms with E-state index >= 15 is 0 Å². The lowest BCUT2D eigenvalue weighted by molar-refractivity contribution is 0.240. The van der Waals surface area contributed by atoms with Crippen molar-refractivity contribution >= 4 is 24.0 Å². The van der Waals surface area contributed by atoms with E-state index in [1.54, 1.807) is 7.11 Å². The molecule has 1 rings (SSSR count). The molecule has 0 aliphatic rings. The quantitative estimate of drug-likeness (QED) is 0.696. The summed E-state index contributed by atoms with van der Waals surface area (Å²) in [5, 5.41) is 4.20. The van der Waals surface area contributed by atoms with Gasteiger partial charge >= 0.3 is 0 Å². The Bertz CT molecular complexity index is 497. The lowest BCUT2D eigenvalue weighted by atomic mass is 9.82. The van der Waals surface area contributed by atoms with Crippen molar-refractivity contribution in [3.05, 3.63) is 22.7 Å². The molecule has 0 aliphatic carbocycles. The molecule has 0 saturated heterocycles. The van der Waals surface area contributed by atoms with Crippen LogP contribution >= 0.6 is 24.0 Å². The molecule has 0 aromatic heterocycles. The SMILES string of the molecule is CCOc1c(Cl)cc(CNC(C)(C)CC(C)(C)C)cc1OC.Cl. The molecule has 3 nitrogen and oxygen atoms in total. The molecule has 1 N–H and O–H groups in total. The maximum Gasteiger partial charge on any atom is 0.179 e. The summed E-state index contributed by atoms with van der Waals surface area (Å²) in [4.78, 5) is 0. The summed E-state index contributed by atoms with van der Waals surface area (Å²) >= 11 is 6.32. The summed E-state index contributed by atoms with van der Waals surface area (Å²) in [6, 6.07) is 3.92. The summed E-state index contributed by atoms with van der Waals surface area (Å²) in [5.41, 5.74) is 1.42. The number of halogens is 2. The van der Waals surface area contributed by atoms with E-state index in [0.29, 0.717) is 23.1 Å². The van der Waals surface area contributed by atoms with E-state index in [9.17, 15) is 0 Å². The molecule has 0 unspecified atom stereocenters. The topological polar surface area (TPSA) is 30.5 Å². The second-order valence-electron chi connectivity index (χ2n) is 7.52. The molecule has 0 radical (unpaired) electrons. The van der Waals surface area contributed by atoms with Crippen molar-refractivity contribution in [1.29, 1.82) is 0 Å². The molecule has 0 saturated carbocycles. The molecular weight excluding hydrogens is 333 g/mol. The summed E-state index contributed by atoms with van der Waals surface area (Å²) < 4.78 is 10.9. The monoisotopic (exact) mass is 363 g/mol. The zero-order valence-electron chi connectivity index (χ0n) is 15.4. The van der Waals surface area contributed by atoms with Crippen molar-refractivity contribution in [2.45, 2.75) is 60.0 Å². The number of methoxy groups -OCH3 is 1. The van der Waals surface area contributed by atoms with E-state index in [0.717, 1.165) is 18.5 Å². The smallest absolute Gasteiger partial charge is 0.179 e. The van der Waals surface area contributed by atoms with Gasteiger partial charge in [0.2, 0.25) is 0 Å². The Morgan fingerprint density at radius 1 is 1.13 bits per heavy atom. The minimum atomic E-state index is 0. The Balaban J connectivity index is 0.00000484. The summed E-state index contributed by atoms with van der Waals surface area (Å²) in [6.07, 6.45) is 1.09. The van der Waals surface area contributed by atoms with Gasteiger partial charge in [0, 0.05) is 12.1 Å². The normalized spacial score (nSPS) is 11.8. The number of rotatable bonds is 7. The van der Waals surface area contributed by atoms with Gasteiger partial charge in [-0.25, -0.2) is 0 Å². The van der Waals surface area contributed by atoms with Crippen LogP contribution in [-0.4, -0.2) is 19.3 Å². The van der Waals surface area contributed by atoms with E-state index < -0.39 is 0 Å². The van der Waals surface area contributed by atoms with Gasteiger partial charge in [-0.3, -0.25) is 0 Å². The van der Waals surface area contributed by atoms with E-state index in [4.69, 9.17) is 21.1 Å². The van der Waals surface area contributed by atoms with Crippen molar-refractivity contribution in [3.8, 4) is 11.5 Å². The van der Waals surface area contributed by atoms with Crippen LogP contribution in [0.2, 0.25) is 5.02 Å². The van der Waals surface area contributed by atoms with Gasteiger partial charge in [0.15, 0.2) is 11.5 Å². The number of hydrogen-bond donors (Lipinski definition) is 1. The first kappa shape index (κ1) is 22.4. The Labute approximate surface area is 152 Å². The van der Waals surface area contributed by atoms with Crippen molar-refractivity contribution in [2.75, 3.05) is 13.7 Å². The molecule has 1 aromatic rings. The second kappa shape index (κ2) is 9.00. The Kier molecular flexibility index (Phi) is 8.75. The summed E-state index contributed by atoms with van der Waals surface area (Å²) in [7, 11) is 1.63. The maximum atomic E-state index is 6.32. The van der Waals surface area contributed by atoms with Crippen LogP contribution in [0.5, 0.6) is 11.5 Å². The highest BCUT2D eigenvalue weighted by Crippen LogP contribution is 2.36. The zero-order chi connectivity index (χ0) is 17.0. The zero-order valence-corrected chi connectivity index (χ0v) is 17.0. The predicted octanol–water partition coefficient (Wildman–Crippen LogP) is 5.47. The lowest BCUT2D eigenvalue weighted by Crippen LogP contribution is -2.41. The largest absolute Gasteiger partial charge is 0.493 e. The molecule has 0 fully saturated rings. The predicted molar refractivity (Wildman–Crippen MR) is 101 cm³/mol. The molecule has 5 heteroatoms. The van der Waals surface area contributed by atoms with Crippen molar-refractivity contribution < 1.29 is 9.47 Å². The van der Waals surface area contributed by atoms with E-state index in [1.807, 2.05) is 19.1 Å². The van der Waals surface area contributed by atoms with Crippen LogP contribution in [0, 0.1) is 5.41 Å². The van der Waals surface area contributed by atoms with Crippen LogP contribution in [0.15, 0.2) is 12.1 Å². The molecule has 1 aromatic carbocycles. The number of benzene rings is 1. The van der Waals surface area contributed by atoms with Crippen molar-refractivity contribution in [2.24, 2.45) is 5.41 Å². The van der Waals surface area contributed by atoms with Gasteiger partial charge in [-0.1, -0.05) is 32.4 Å². The average Bonchev–Trinajstić information content (AvgIpc) is 2.36. The van der Waals surface area contributed by atoms with Crippen LogP contribution < -0.4 is 14.8 Å². The fraction of sp³-hybridized carbons (Fsp3) is 0.667. The molecule has 0 heterocycles. The van der Waals surface area contributed by atoms with Gasteiger partial charge in [-0.15, -0.1) is 12.4 Å². The number of nitrogens with one attached hydrogen (secondary N) is 1. The van der Waals surface area contributed by atoms with Crippen molar-refractivity contribution in [1.82, 2.24) is 5.32 Å². The molecule has 0 bridgehead atoms. The minimum absolute atomic E-state index is 0. The molecule has 134 valence electrons. The standard InChI is InChI=1S/C18H30ClNO2.ClH/c1-8-22-16-14(19)9-13(10-15(16)21-7)11-20-18(5,6)12-17(2,3)4;/h9-10,20H,8,11-12H2,1-7H3;1H. The van der Waals surface area contributed by atoms with Crippen LogP contribution in [0.25, 0.3) is 0 Å². The Morgan fingerprint density at radius 3 is 2.22 bits per heavy atom. The maximum absolute atomic E-state index is 6.32. The summed E-state index contributed by atoms with van der Waals surface area (Å²) in [6.45, 7) is 14.5. The molecule has 0 spiro atoms. The fourth-order valence-electron chi connectivity index (χ4n) is 2.89. The van der Waals surface area contributed by atoms with Crippen LogP contribution in [0.1, 0.15) is 53.5 Å². The van der Waals surface area contributed by atoms with Crippen molar-refractivity contribution in [3.63, 3.8) is 0 Å². The third-order valence-electron chi connectivity index (χ3n) is 3.32. The summed E-state index contributed by atoms with van der Waals surface area (Å²) in [5.74, 6) is 1.30. The highest BCUT2D eigenvalue weighted by Gasteiger charge is 2.25. The molecule has 23 heavy (non-hydrogen) atoms. The van der Waals surface area contributed by atoms with Gasteiger partial charge < -0.3 is 14.8 Å². The van der Waals surface area contributed by atoms with Gasteiger partial charge in [0.05, 0.1) is 18.7 Å². The molecule has 0 amide bonds. The first-order valence-electron chi connectivity index (χ1n) is 7.82. The average molecular weight is 364 g/mol. The van der Waals surface area contributed by atoms with E-state index in [1.165, 1.54) is 0 Å². The Morgan fingerprint density at radius 2 is 1.74 bits per heavy atom. The highest BCUT2D eigenvalue weighted by molar-refractivity contribution is 6.32. The van der Waals surface area contributed by atoms with Crippen LogP contribution in [0.4, 0.5) is 0 Å². The van der Waals surface area contributed by atoms with Gasteiger partial charge in [0.1, 0.15) is 0 Å². The van der Waals surface area contributed by atoms with E-state index in [-0.39, 0.29) is 23.4 Å². The number of hydrogen-bond acceptors (Lipinski definition) is 3. The molecule has 0 atom stereocenters. The van der Waals surface area contributed by atoms with Crippen LogP contribution in [-0.2, 0) is 6.54 Å². The minimum Gasteiger partial charge on any atom is -0.493 e. The number of ether oxygens (including phenoxy) is 2. The third-order valence-corrected chi connectivity index (χ3v) is 3.60. The van der Waals surface area contributed by atoms with Crippen LogP contribution in [0.3, 0.4) is 0 Å².